The van der Waals surface area contributed by atoms with Crippen LogP contribution in [0.25, 0.3) is 0 Å². The molecule has 0 radical (unpaired) electrons. The molecule has 4 nitrogen and oxygen atoms in total. The summed E-state index contributed by atoms with van der Waals surface area (Å²) in [6.07, 6.45) is 4.84. The first kappa shape index (κ1) is 13.4. The number of carboxylic acids is 1. The molecule has 0 spiro atoms. The lowest BCUT2D eigenvalue weighted by Gasteiger charge is -2.05. The molecule has 1 rings (SSSR count). The largest absolute Gasteiger partial charge is 0.478 e. The topological polar surface area (TPSA) is 57.6 Å². The minimum absolute atomic E-state index is 0.208. The van der Waals surface area contributed by atoms with Gasteiger partial charge in [0.2, 0.25) is 5.91 Å². The van der Waals surface area contributed by atoms with E-state index in [-0.39, 0.29) is 5.91 Å². The van der Waals surface area contributed by atoms with Crippen LogP contribution >= 0.6 is 0 Å². The number of likely N-dealkylation sites (tertiary alicyclic amines) is 1. The Morgan fingerprint density at radius 2 is 2.20 bits per heavy atom. The molecular weight excluding hydrogens is 194 g/mol. The van der Waals surface area contributed by atoms with Gasteiger partial charge in [-0.15, -0.1) is 0 Å². The summed E-state index contributed by atoms with van der Waals surface area (Å²) in [5.41, 5.74) is 0.389. The molecule has 15 heavy (non-hydrogen) atoms. The summed E-state index contributed by atoms with van der Waals surface area (Å²) in [5.74, 6) is -0.637. The minimum atomic E-state index is -0.845. The van der Waals surface area contributed by atoms with E-state index in [0.717, 1.165) is 13.0 Å². The Balaban J connectivity index is 0.000000265. The highest BCUT2D eigenvalue weighted by Gasteiger charge is 2.15. The zero-order chi connectivity index (χ0) is 11.8. The normalized spacial score (nSPS) is 15.7. The van der Waals surface area contributed by atoms with Crippen molar-refractivity contribution in [3.8, 4) is 0 Å². The molecule has 0 saturated carbocycles. The number of carbonyl (C=O) groups excluding carboxylic acids is 1. The van der Waals surface area contributed by atoms with E-state index in [0.29, 0.717) is 12.0 Å². The van der Waals surface area contributed by atoms with Crippen LogP contribution in [0.5, 0.6) is 0 Å². The van der Waals surface area contributed by atoms with Gasteiger partial charge in [-0.25, -0.2) is 4.79 Å². The summed E-state index contributed by atoms with van der Waals surface area (Å²) in [5, 5.41) is 8.11. The molecule has 0 aromatic rings. The molecular formula is C11H17NO3. The maximum atomic E-state index is 10.7. The molecule has 0 unspecified atom stereocenters. The quantitative estimate of drug-likeness (QED) is 0.708. The summed E-state index contributed by atoms with van der Waals surface area (Å²) < 4.78 is 0. The molecule has 4 heteroatoms. The Kier molecular flexibility index (Phi) is 6.09. The third-order valence-corrected chi connectivity index (χ3v) is 2.10. The number of amides is 1. The molecule has 0 bridgehead atoms. The monoisotopic (exact) mass is 211 g/mol. The first-order chi connectivity index (χ1) is 7.02. The summed E-state index contributed by atoms with van der Waals surface area (Å²) >= 11 is 0. The molecule has 1 heterocycles. The van der Waals surface area contributed by atoms with E-state index in [1.54, 1.807) is 31.0 Å². The van der Waals surface area contributed by atoms with E-state index in [1.165, 1.54) is 0 Å². The molecule has 0 aromatic heterocycles. The average Bonchev–Trinajstić information content (AvgIpc) is 2.63. The maximum absolute atomic E-state index is 10.7. The lowest BCUT2D eigenvalue weighted by Crippen LogP contribution is -2.16. The lowest BCUT2D eigenvalue weighted by atomic mass is 10.3. The summed E-state index contributed by atoms with van der Waals surface area (Å²) in [7, 11) is 0. The van der Waals surface area contributed by atoms with Crippen molar-refractivity contribution in [1.82, 2.24) is 4.90 Å². The third kappa shape index (κ3) is 5.00. The van der Waals surface area contributed by atoms with Crippen molar-refractivity contribution in [2.45, 2.75) is 26.7 Å². The second-order valence-electron chi connectivity index (χ2n) is 3.15. The molecule has 1 aliphatic rings. The van der Waals surface area contributed by atoms with E-state index in [1.807, 2.05) is 0 Å². The lowest BCUT2D eigenvalue weighted by molar-refractivity contribution is -0.132. The first-order valence-electron chi connectivity index (χ1n) is 4.81. The Hall–Kier alpha value is -1.58. The highest BCUT2D eigenvalue weighted by atomic mass is 16.4. The Morgan fingerprint density at radius 3 is 2.33 bits per heavy atom. The zero-order valence-electron chi connectivity index (χ0n) is 9.19. The maximum Gasteiger partial charge on any atom is 0.330 e. The Labute approximate surface area is 89.9 Å². The number of hydrogen-bond donors (Lipinski definition) is 1. The van der Waals surface area contributed by atoms with Crippen LogP contribution in [0.4, 0.5) is 0 Å². The van der Waals surface area contributed by atoms with Gasteiger partial charge in [-0.1, -0.05) is 12.7 Å². The molecule has 1 N–H and O–H groups in total. The third-order valence-electron chi connectivity index (χ3n) is 2.10. The van der Waals surface area contributed by atoms with Crippen molar-refractivity contribution < 1.29 is 14.7 Å². The number of hydrogen-bond acceptors (Lipinski definition) is 2. The van der Waals surface area contributed by atoms with E-state index >= 15 is 0 Å². The van der Waals surface area contributed by atoms with Gasteiger partial charge in [-0.05, 0) is 26.5 Å². The highest BCUT2D eigenvalue weighted by Crippen LogP contribution is 2.08. The SMILES string of the molecule is C=CN1CCCC1=O.CC=C(C)C(=O)O. The van der Waals surface area contributed by atoms with E-state index in [9.17, 15) is 9.59 Å². The summed E-state index contributed by atoms with van der Waals surface area (Å²) in [6.45, 7) is 7.62. The van der Waals surface area contributed by atoms with Crippen LogP contribution in [-0.4, -0.2) is 28.4 Å². The molecule has 1 fully saturated rings. The van der Waals surface area contributed by atoms with Gasteiger partial charge in [0.15, 0.2) is 0 Å². The van der Waals surface area contributed by atoms with Crippen LogP contribution in [0.2, 0.25) is 0 Å². The molecule has 1 amide bonds. The van der Waals surface area contributed by atoms with Crippen molar-refractivity contribution in [3.63, 3.8) is 0 Å². The van der Waals surface area contributed by atoms with Gasteiger partial charge in [0.1, 0.15) is 0 Å². The van der Waals surface area contributed by atoms with Gasteiger partial charge in [-0.3, -0.25) is 4.79 Å². The molecule has 0 aliphatic carbocycles. The number of rotatable bonds is 2. The fourth-order valence-electron chi connectivity index (χ4n) is 0.986. The molecule has 1 saturated heterocycles. The van der Waals surface area contributed by atoms with Crippen molar-refractivity contribution in [1.29, 1.82) is 0 Å². The fourth-order valence-corrected chi connectivity index (χ4v) is 0.986. The van der Waals surface area contributed by atoms with Crippen LogP contribution in [0, 0.1) is 0 Å². The van der Waals surface area contributed by atoms with Gasteiger partial charge in [-0.2, -0.15) is 0 Å². The second kappa shape index (κ2) is 6.81. The smallest absolute Gasteiger partial charge is 0.330 e. The molecule has 1 aliphatic heterocycles. The van der Waals surface area contributed by atoms with Crippen molar-refractivity contribution in [3.05, 3.63) is 24.4 Å². The molecule has 0 aromatic carbocycles. The van der Waals surface area contributed by atoms with Gasteiger partial charge in [0.25, 0.3) is 0 Å². The Bertz CT molecular complexity index is 282. The van der Waals surface area contributed by atoms with Crippen LogP contribution < -0.4 is 0 Å². The number of carboxylic acid groups (broad SMARTS) is 1. The fraction of sp³-hybridized carbons (Fsp3) is 0.455. The predicted octanol–water partition coefficient (Wildman–Crippen LogP) is 1.79. The number of aliphatic carboxylic acids is 1. The second-order valence-corrected chi connectivity index (χ2v) is 3.15. The number of allylic oxidation sites excluding steroid dienone is 1. The van der Waals surface area contributed by atoms with Crippen molar-refractivity contribution in [2.75, 3.05) is 6.54 Å². The van der Waals surface area contributed by atoms with E-state index < -0.39 is 5.97 Å². The van der Waals surface area contributed by atoms with Crippen LogP contribution in [0.1, 0.15) is 26.7 Å². The highest BCUT2D eigenvalue weighted by molar-refractivity contribution is 5.85. The summed E-state index contributed by atoms with van der Waals surface area (Å²) in [4.78, 5) is 22.2. The summed E-state index contributed by atoms with van der Waals surface area (Å²) in [6, 6.07) is 0. The van der Waals surface area contributed by atoms with Gasteiger partial charge >= 0.3 is 5.97 Å². The van der Waals surface area contributed by atoms with E-state index in [2.05, 4.69) is 6.58 Å². The molecule has 84 valence electrons. The van der Waals surface area contributed by atoms with Crippen LogP contribution in [-0.2, 0) is 9.59 Å². The van der Waals surface area contributed by atoms with Gasteiger partial charge in [0.05, 0.1) is 0 Å². The number of carbonyl (C=O) groups is 2. The zero-order valence-corrected chi connectivity index (χ0v) is 9.19. The Morgan fingerprint density at radius 1 is 1.60 bits per heavy atom. The minimum Gasteiger partial charge on any atom is -0.478 e. The molecule has 0 atom stereocenters. The van der Waals surface area contributed by atoms with Crippen molar-refractivity contribution >= 4 is 11.9 Å². The van der Waals surface area contributed by atoms with Gasteiger partial charge < -0.3 is 10.0 Å². The first-order valence-corrected chi connectivity index (χ1v) is 4.81. The average molecular weight is 211 g/mol. The van der Waals surface area contributed by atoms with Crippen LogP contribution in [0.15, 0.2) is 24.4 Å². The number of nitrogens with zero attached hydrogens (tertiary/aromatic N) is 1. The van der Waals surface area contributed by atoms with E-state index in [4.69, 9.17) is 5.11 Å². The van der Waals surface area contributed by atoms with Crippen LogP contribution in [0.3, 0.4) is 0 Å². The van der Waals surface area contributed by atoms with Gasteiger partial charge in [0, 0.05) is 18.5 Å². The predicted molar refractivity (Wildman–Crippen MR) is 58.2 cm³/mol. The van der Waals surface area contributed by atoms with Crippen molar-refractivity contribution in [2.24, 2.45) is 0 Å². The standard InChI is InChI=1S/C6H9NO.C5H8O2/c1-2-7-5-3-4-6(7)8;1-3-4(2)5(6)7/h2H,1,3-5H2;3H,1-2H3,(H,6,7).